The number of halogens is 2. The van der Waals surface area contributed by atoms with Crippen LogP contribution in [0.2, 0.25) is 0 Å². The number of pyridine rings is 2. The fourth-order valence-corrected chi connectivity index (χ4v) is 1.38. The van der Waals surface area contributed by atoms with Crippen LogP contribution in [0.1, 0.15) is 5.69 Å². The Kier molecular flexibility index (Phi) is 3.36. The monoisotopic (exact) mass is 251 g/mol. The fourth-order valence-electron chi connectivity index (χ4n) is 1.38. The maximum absolute atomic E-state index is 13.5. The van der Waals surface area contributed by atoms with Crippen LogP contribution in [0.4, 0.5) is 14.6 Å². The van der Waals surface area contributed by atoms with E-state index in [2.05, 4.69) is 15.3 Å². The van der Waals surface area contributed by atoms with E-state index in [1.807, 2.05) is 0 Å². The molecule has 0 amide bonds. The number of hydrogen-bond donors (Lipinski definition) is 1. The number of rotatable bonds is 3. The first kappa shape index (κ1) is 12.2. The van der Waals surface area contributed by atoms with Crippen LogP contribution < -0.4 is 10.1 Å². The number of aryl methyl sites for hydroxylation is 1. The van der Waals surface area contributed by atoms with Crippen molar-refractivity contribution < 1.29 is 13.5 Å². The minimum absolute atomic E-state index is 0.0760. The molecule has 0 aliphatic carbocycles. The molecule has 0 unspecified atom stereocenters. The summed E-state index contributed by atoms with van der Waals surface area (Å²) in [6, 6.07) is 4.01. The molecule has 6 heteroatoms. The van der Waals surface area contributed by atoms with Crippen molar-refractivity contribution in [2.75, 3.05) is 12.4 Å². The number of aromatic nitrogens is 2. The number of hydrogen-bond acceptors (Lipinski definition) is 4. The van der Waals surface area contributed by atoms with Gasteiger partial charge in [-0.2, -0.15) is 4.98 Å². The van der Waals surface area contributed by atoms with Gasteiger partial charge in [-0.3, -0.25) is 4.98 Å². The second-order valence-corrected chi connectivity index (χ2v) is 3.54. The molecule has 0 saturated heterocycles. The summed E-state index contributed by atoms with van der Waals surface area (Å²) in [4.78, 5) is 7.72. The number of nitrogens with zero attached hydrogens (tertiary/aromatic N) is 2. The molecule has 0 fully saturated rings. The number of nitrogens with one attached hydrogen (secondary N) is 1. The smallest absolute Gasteiger partial charge is 0.258 e. The van der Waals surface area contributed by atoms with Crippen molar-refractivity contribution >= 4 is 5.82 Å². The van der Waals surface area contributed by atoms with Crippen molar-refractivity contribution in [2.24, 2.45) is 0 Å². The molecule has 2 aromatic rings. The van der Waals surface area contributed by atoms with Crippen LogP contribution in [0.5, 0.6) is 11.6 Å². The molecule has 0 radical (unpaired) electrons. The van der Waals surface area contributed by atoms with E-state index >= 15 is 0 Å². The standard InChI is InChI=1S/C12H11F2N3O/c1-7-10(4-3-5-16-7)18-12-9(14)6-8(13)11(15-2)17-12/h3-6H,1-2H3,(H,15,17). The zero-order valence-electron chi connectivity index (χ0n) is 9.87. The predicted molar refractivity (Wildman–Crippen MR) is 62.7 cm³/mol. The number of anilines is 1. The molecule has 18 heavy (non-hydrogen) atoms. The van der Waals surface area contributed by atoms with Gasteiger partial charge in [0.05, 0.1) is 5.69 Å². The highest BCUT2D eigenvalue weighted by Gasteiger charge is 2.13. The largest absolute Gasteiger partial charge is 0.434 e. The molecule has 0 aliphatic heterocycles. The van der Waals surface area contributed by atoms with Gasteiger partial charge in [-0.15, -0.1) is 0 Å². The highest BCUT2D eigenvalue weighted by atomic mass is 19.1. The lowest BCUT2D eigenvalue weighted by Gasteiger charge is -2.09. The first-order chi connectivity index (χ1) is 8.61. The van der Waals surface area contributed by atoms with Gasteiger partial charge in [-0.25, -0.2) is 8.78 Å². The molecule has 1 N–H and O–H groups in total. The Labute approximate surface area is 103 Å². The summed E-state index contributed by atoms with van der Waals surface area (Å²) in [7, 11) is 1.49. The maximum atomic E-state index is 13.5. The molecule has 94 valence electrons. The Morgan fingerprint density at radius 2 is 2.06 bits per heavy atom. The minimum atomic E-state index is -0.866. The van der Waals surface area contributed by atoms with Gasteiger partial charge < -0.3 is 10.1 Å². The zero-order valence-corrected chi connectivity index (χ0v) is 9.87. The van der Waals surface area contributed by atoms with Crippen molar-refractivity contribution in [2.45, 2.75) is 6.92 Å². The third-order valence-electron chi connectivity index (χ3n) is 2.30. The summed E-state index contributed by atoms with van der Waals surface area (Å²) in [6.45, 7) is 1.72. The molecule has 2 heterocycles. The SMILES string of the molecule is CNc1nc(Oc2cccnc2C)c(F)cc1F. The average molecular weight is 251 g/mol. The Morgan fingerprint density at radius 1 is 1.28 bits per heavy atom. The Bertz CT molecular complexity index is 575. The van der Waals surface area contributed by atoms with Gasteiger partial charge in [-0.1, -0.05) is 0 Å². The molecular weight excluding hydrogens is 240 g/mol. The Morgan fingerprint density at radius 3 is 2.72 bits per heavy atom. The summed E-state index contributed by atoms with van der Waals surface area (Å²) in [6.07, 6.45) is 1.59. The molecule has 2 aromatic heterocycles. The van der Waals surface area contributed by atoms with Crippen molar-refractivity contribution in [1.29, 1.82) is 0 Å². The van der Waals surface area contributed by atoms with Gasteiger partial charge in [0.1, 0.15) is 0 Å². The van der Waals surface area contributed by atoms with Crippen molar-refractivity contribution in [3.05, 3.63) is 41.7 Å². The molecule has 2 rings (SSSR count). The van der Waals surface area contributed by atoms with Gasteiger partial charge in [0.15, 0.2) is 23.2 Å². The minimum Gasteiger partial charge on any atom is -0.434 e. The fraction of sp³-hybridized carbons (Fsp3) is 0.167. The van der Waals surface area contributed by atoms with E-state index in [1.165, 1.54) is 7.05 Å². The molecule has 0 saturated carbocycles. The van der Waals surface area contributed by atoms with E-state index in [0.29, 0.717) is 11.4 Å². The number of ether oxygens (including phenoxy) is 1. The van der Waals surface area contributed by atoms with Gasteiger partial charge in [-0.05, 0) is 19.1 Å². The molecule has 0 spiro atoms. The summed E-state index contributed by atoms with van der Waals surface area (Å²) in [5.74, 6) is -1.64. The van der Waals surface area contributed by atoms with Crippen molar-refractivity contribution in [3.63, 3.8) is 0 Å². The van der Waals surface area contributed by atoms with Gasteiger partial charge >= 0.3 is 0 Å². The van der Waals surface area contributed by atoms with Crippen LogP contribution in [-0.2, 0) is 0 Å². The lowest BCUT2D eigenvalue weighted by Crippen LogP contribution is -2.01. The molecule has 0 atom stereocenters. The molecular formula is C12H11F2N3O. The normalized spacial score (nSPS) is 10.2. The van der Waals surface area contributed by atoms with Crippen LogP contribution in [0, 0.1) is 18.6 Å². The lowest BCUT2D eigenvalue weighted by atomic mass is 10.3. The van der Waals surface area contributed by atoms with E-state index in [9.17, 15) is 8.78 Å². The highest BCUT2D eigenvalue weighted by Crippen LogP contribution is 2.26. The van der Waals surface area contributed by atoms with Gasteiger partial charge in [0, 0.05) is 19.3 Å². The summed E-state index contributed by atoms with van der Waals surface area (Å²) in [5, 5.41) is 2.51. The Hall–Kier alpha value is -2.24. The predicted octanol–water partition coefficient (Wildman–Crippen LogP) is 2.90. The molecule has 4 nitrogen and oxygen atoms in total. The first-order valence-electron chi connectivity index (χ1n) is 5.25. The summed E-state index contributed by atoms with van der Waals surface area (Å²) in [5.41, 5.74) is 0.592. The van der Waals surface area contributed by atoms with E-state index in [-0.39, 0.29) is 11.7 Å². The van der Waals surface area contributed by atoms with E-state index in [1.54, 1.807) is 25.3 Å². The maximum Gasteiger partial charge on any atom is 0.258 e. The topological polar surface area (TPSA) is 47.0 Å². The summed E-state index contributed by atoms with van der Waals surface area (Å²) >= 11 is 0. The molecule has 0 aromatic carbocycles. The average Bonchev–Trinajstić information content (AvgIpc) is 2.35. The Balaban J connectivity index is 2.38. The second-order valence-electron chi connectivity index (χ2n) is 3.54. The van der Waals surface area contributed by atoms with Crippen LogP contribution >= 0.6 is 0 Å². The third kappa shape index (κ3) is 2.37. The van der Waals surface area contributed by atoms with E-state index < -0.39 is 11.6 Å². The van der Waals surface area contributed by atoms with Gasteiger partial charge in [0.25, 0.3) is 5.88 Å². The van der Waals surface area contributed by atoms with Crippen LogP contribution in [-0.4, -0.2) is 17.0 Å². The molecule has 0 bridgehead atoms. The summed E-state index contributed by atoms with van der Waals surface area (Å²) < 4.78 is 32.0. The lowest BCUT2D eigenvalue weighted by molar-refractivity contribution is 0.414. The van der Waals surface area contributed by atoms with Crippen LogP contribution in [0.15, 0.2) is 24.4 Å². The van der Waals surface area contributed by atoms with Crippen molar-refractivity contribution in [1.82, 2.24) is 9.97 Å². The van der Waals surface area contributed by atoms with Crippen molar-refractivity contribution in [3.8, 4) is 11.6 Å². The third-order valence-corrected chi connectivity index (χ3v) is 2.30. The van der Waals surface area contributed by atoms with E-state index in [4.69, 9.17) is 4.74 Å². The highest BCUT2D eigenvalue weighted by molar-refractivity contribution is 5.40. The second kappa shape index (κ2) is 4.95. The quantitative estimate of drug-likeness (QED) is 0.911. The van der Waals surface area contributed by atoms with E-state index in [0.717, 1.165) is 6.07 Å². The molecule has 0 aliphatic rings. The van der Waals surface area contributed by atoms with Crippen LogP contribution in [0.3, 0.4) is 0 Å². The zero-order chi connectivity index (χ0) is 13.1. The van der Waals surface area contributed by atoms with Crippen LogP contribution in [0.25, 0.3) is 0 Å². The van der Waals surface area contributed by atoms with Gasteiger partial charge in [0.2, 0.25) is 0 Å². The first-order valence-corrected chi connectivity index (χ1v) is 5.25.